The van der Waals surface area contributed by atoms with Gasteiger partial charge in [-0.15, -0.1) is 4.89 Å². The number of hydrogen-bond acceptors (Lipinski definition) is 4. The van der Waals surface area contributed by atoms with Crippen LogP contribution in [-0.2, 0) is 19.3 Å². The summed E-state index contributed by atoms with van der Waals surface area (Å²) in [6.45, 7) is 1.27. The smallest absolute Gasteiger partial charge is 0.172 e. The van der Waals surface area contributed by atoms with Crippen molar-refractivity contribution in [3.05, 3.63) is 30.3 Å². The van der Waals surface area contributed by atoms with E-state index in [2.05, 4.69) is 0 Å². The van der Waals surface area contributed by atoms with Crippen LogP contribution in [0.15, 0.2) is 35.2 Å². The van der Waals surface area contributed by atoms with Gasteiger partial charge in [-0.05, 0) is 19.1 Å². The van der Waals surface area contributed by atoms with Crippen LogP contribution in [0.2, 0.25) is 0 Å². The number of Topliss-reactive ketones (excluding diaryl/α,β-unsaturated/α-hetero) is 2. The van der Waals surface area contributed by atoms with Gasteiger partial charge in [-0.2, -0.15) is 0 Å². The second-order valence-corrected chi connectivity index (χ2v) is 5.56. The molecule has 0 saturated carbocycles. The van der Waals surface area contributed by atoms with Gasteiger partial charge in [0, 0.05) is 4.90 Å². The van der Waals surface area contributed by atoms with E-state index in [0.717, 1.165) is 5.37 Å². The first-order chi connectivity index (χ1) is 7.98. The molecule has 0 bridgehead atoms. The van der Waals surface area contributed by atoms with Gasteiger partial charge in [-0.3, -0.25) is 9.59 Å². The second-order valence-electron chi connectivity index (χ2n) is 3.47. The molecule has 0 aliphatic heterocycles. The fourth-order valence-corrected chi connectivity index (χ4v) is 2.55. The normalized spacial score (nSPS) is 13.8. The van der Waals surface area contributed by atoms with Crippen LogP contribution in [-0.4, -0.2) is 26.4 Å². The summed E-state index contributed by atoms with van der Waals surface area (Å²) in [6, 6.07) is 8.02. The zero-order valence-corrected chi connectivity index (χ0v) is 10.1. The van der Waals surface area contributed by atoms with Crippen molar-refractivity contribution >= 4 is 26.6 Å². The topological polar surface area (TPSA) is 83.5 Å². The lowest BCUT2D eigenvalue weighted by molar-refractivity contribution is -0.122. The summed E-state index contributed by atoms with van der Waals surface area (Å²) in [5, 5.41) is 9.78. The standard InChI is InChI=1S/C11H13NO4S/c1-9(13)7-10(14)8-17(16,12-15)11-5-3-2-4-6-11/h2-6,8,15H,7H2,1H3,(H,12,16). The number of carbonyl (C=O) groups is 2. The molecule has 92 valence electrons. The van der Waals surface area contributed by atoms with E-state index in [1.165, 1.54) is 19.1 Å². The summed E-state index contributed by atoms with van der Waals surface area (Å²) in [7, 11) is -3.17. The van der Waals surface area contributed by atoms with Crippen LogP contribution in [0.25, 0.3) is 0 Å². The minimum atomic E-state index is -3.17. The van der Waals surface area contributed by atoms with Gasteiger partial charge in [0.25, 0.3) is 0 Å². The Morgan fingerprint density at radius 3 is 2.41 bits per heavy atom. The van der Waals surface area contributed by atoms with E-state index in [1.807, 2.05) is 0 Å². The third-order valence-electron chi connectivity index (χ3n) is 1.95. The molecule has 0 radical (unpaired) electrons. The molecule has 17 heavy (non-hydrogen) atoms. The van der Waals surface area contributed by atoms with E-state index in [0.29, 0.717) is 0 Å². The third-order valence-corrected chi connectivity index (χ3v) is 3.79. The molecule has 5 nitrogen and oxygen atoms in total. The minimum absolute atomic E-state index is 0.277. The molecule has 0 aliphatic carbocycles. The molecule has 1 aromatic rings. The van der Waals surface area contributed by atoms with E-state index in [-0.39, 0.29) is 17.1 Å². The predicted octanol–water partition coefficient (Wildman–Crippen LogP) is 0.574. The largest absolute Gasteiger partial charge is 0.304 e. The van der Waals surface area contributed by atoms with Crippen LogP contribution in [0.3, 0.4) is 0 Å². The summed E-state index contributed by atoms with van der Waals surface area (Å²) in [5.74, 6) is -0.910. The Bertz CT molecular complexity index is 530. The quantitative estimate of drug-likeness (QED) is 0.458. The van der Waals surface area contributed by atoms with Crippen LogP contribution >= 0.6 is 0 Å². The lowest BCUT2D eigenvalue weighted by atomic mass is 10.2. The molecule has 0 saturated heterocycles. The Hall–Kier alpha value is -1.50. The lowest BCUT2D eigenvalue weighted by Gasteiger charge is -2.07. The molecular weight excluding hydrogens is 242 g/mol. The monoisotopic (exact) mass is 255 g/mol. The zero-order valence-electron chi connectivity index (χ0n) is 9.25. The highest BCUT2D eigenvalue weighted by Gasteiger charge is 2.12. The number of hydrogen-bond donors (Lipinski definition) is 2. The maximum Gasteiger partial charge on any atom is 0.172 e. The molecular formula is C11H13NO4S. The molecule has 0 aliphatic rings. The van der Waals surface area contributed by atoms with Gasteiger partial charge < -0.3 is 5.21 Å². The summed E-state index contributed by atoms with van der Waals surface area (Å²) in [6.07, 6.45) is -0.328. The number of benzene rings is 1. The highest BCUT2D eigenvalue weighted by molar-refractivity contribution is 8.00. The Morgan fingerprint density at radius 2 is 1.94 bits per heavy atom. The maximum absolute atomic E-state index is 12.2. The number of carbonyl (C=O) groups excluding carboxylic acids is 2. The molecule has 1 rings (SSSR count). The average molecular weight is 255 g/mol. The fraction of sp³-hybridized carbons (Fsp3) is 0.182. The van der Waals surface area contributed by atoms with E-state index in [9.17, 15) is 13.8 Å². The molecule has 6 heteroatoms. The van der Waals surface area contributed by atoms with Crippen LogP contribution in [0.4, 0.5) is 0 Å². The van der Waals surface area contributed by atoms with Crippen LogP contribution in [0, 0.1) is 0 Å². The third kappa shape index (κ3) is 3.77. The highest BCUT2D eigenvalue weighted by atomic mass is 32.2. The maximum atomic E-state index is 12.2. The fourth-order valence-electron chi connectivity index (χ4n) is 1.24. The molecule has 1 atom stereocenters. The van der Waals surface area contributed by atoms with Crippen LogP contribution in [0.5, 0.6) is 0 Å². The Balaban J connectivity index is 3.13. The van der Waals surface area contributed by atoms with Crippen molar-refractivity contribution in [2.45, 2.75) is 18.2 Å². The second kappa shape index (κ2) is 5.72. The summed E-state index contributed by atoms with van der Waals surface area (Å²) >= 11 is 0. The lowest BCUT2D eigenvalue weighted by Crippen LogP contribution is -2.25. The number of nitrogens with one attached hydrogen (secondary N) is 1. The molecule has 0 fully saturated rings. The van der Waals surface area contributed by atoms with Crippen molar-refractivity contribution in [3.8, 4) is 0 Å². The van der Waals surface area contributed by atoms with Crippen molar-refractivity contribution in [1.29, 1.82) is 0 Å². The first-order valence-electron chi connectivity index (χ1n) is 4.85. The Morgan fingerprint density at radius 1 is 1.35 bits per heavy atom. The molecule has 2 N–H and O–H groups in total. The van der Waals surface area contributed by atoms with Gasteiger partial charge in [-0.25, -0.2) is 4.21 Å². The van der Waals surface area contributed by atoms with E-state index >= 15 is 0 Å². The predicted molar refractivity (Wildman–Crippen MR) is 64.1 cm³/mol. The van der Waals surface area contributed by atoms with Crippen molar-refractivity contribution in [2.24, 2.45) is 0 Å². The number of ketones is 2. The molecule has 0 heterocycles. The van der Waals surface area contributed by atoms with Crippen LogP contribution in [0.1, 0.15) is 13.3 Å². The molecule has 0 amide bonds. The first kappa shape index (κ1) is 13.6. The molecule has 1 aromatic carbocycles. The first-order valence-corrected chi connectivity index (χ1v) is 6.47. The van der Waals surface area contributed by atoms with Gasteiger partial charge in [0.2, 0.25) is 0 Å². The molecule has 0 spiro atoms. The van der Waals surface area contributed by atoms with Gasteiger partial charge in [0.05, 0.1) is 21.5 Å². The highest BCUT2D eigenvalue weighted by Crippen LogP contribution is 2.07. The van der Waals surface area contributed by atoms with Gasteiger partial charge in [-0.1, -0.05) is 18.2 Å². The van der Waals surface area contributed by atoms with Gasteiger partial charge in [0.15, 0.2) is 5.78 Å². The van der Waals surface area contributed by atoms with Crippen molar-refractivity contribution in [2.75, 3.05) is 0 Å². The van der Waals surface area contributed by atoms with E-state index < -0.39 is 15.5 Å². The summed E-state index contributed by atoms with van der Waals surface area (Å²) < 4.78 is 12.2. The van der Waals surface area contributed by atoms with Crippen molar-refractivity contribution in [1.82, 2.24) is 4.89 Å². The number of rotatable bonds is 5. The molecule has 0 aromatic heterocycles. The summed E-state index contributed by atoms with van der Waals surface area (Å²) in [5.41, 5.74) is 0. The Kier molecular flexibility index (Phi) is 4.56. The molecule has 1 unspecified atom stereocenters. The van der Waals surface area contributed by atoms with Crippen molar-refractivity contribution in [3.63, 3.8) is 0 Å². The van der Waals surface area contributed by atoms with Crippen molar-refractivity contribution < 1.29 is 19.0 Å². The average Bonchev–Trinajstić information content (AvgIpc) is 2.29. The van der Waals surface area contributed by atoms with Gasteiger partial charge in [0.1, 0.15) is 5.78 Å². The van der Waals surface area contributed by atoms with Gasteiger partial charge >= 0.3 is 0 Å². The van der Waals surface area contributed by atoms with E-state index in [1.54, 1.807) is 23.1 Å². The summed E-state index contributed by atoms with van der Waals surface area (Å²) in [4.78, 5) is 24.1. The van der Waals surface area contributed by atoms with E-state index in [4.69, 9.17) is 5.21 Å². The minimum Gasteiger partial charge on any atom is -0.304 e. The zero-order chi connectivity index (χ0) is 12.9. The Labute approximate surface area is 99.6 Å². The van der Waals surface area contributed by atoms with Crippen LogP contribution < -0.4 is 4.89 Å². The SMILES string of the molecule is CC(=O)CC(=O)C=S(=O)(NO)c1ccccc1.